The molecule has 1 saturated heterocycles. The summed E-state index contributed by atoms with van der Waals surface area (Å²) in [5.74, 6) is 0.820. The molecule has 0 unspecified atom stereocenters. The highest BCUT2D eigenvalue weighted by molar-refractivity contribution is 7.18. The second-order valence-electron chi connectivity index (χ2n) is 5.10. The molecular formula is C14H18N2S. The first-order chi connectivity index (χ1) is 8.22. The van der Waals surface area contributed by atoms with Crippen LogP contribution in [0.3, 0.4) is 0 Å². The monoisotopic (exact) mass is 246 g/mol. The Morgan fingerprint density at radius 1 is 1.35 bits per heavy atom. The number of piperidine rings is 1. The molecule has 2 aromatic rings. The number of hydrogen-bond donors (Lipinski definition) is 1. The van der Waals surface area contributed by atoms with E-state index in [1.54, 1.807) is 11.3 Å². The second-order valence-corrected chi connectivity index (χ2v) is 6.34. The first-order valence-electron chi connectivity index (χ1n) is 6.33. The van der Waals surface area contributed by atoms with Crippen LogP contribution >= 0.6 is 11.3 Å². The van der Waals surface area contributed by atoms with Crippen LogP contribution in [0, 0.1) is 12.8 Å². The number of aryl methyl sites for hydroxylation is 1. The minimum atomic E-state index is 0.540. The van der Waals surface area contributed by atoms with Crippen LogP contribution in [0.2, 0.25) is 0 Å². The largest absolute Gasteiger partial charge is 0.310 e. The van der Waals surface area contributed by atoms with Crippen molar-refractivity contribution in [3.8, 4) is 0 Å². The van der Waals surface area contributed by atoms with E-state index in [1.165, 1.54) is 23.1 Å². The van der Waals surface area contributed by atoms with Gasteiger partial charge in [0.2, 0.25) is 0 Å². The van der Waals surface area contributed by atoms with Gasteiger partial charge in [0.15, 0.2) is 0 Å². The maximum Gasteiger partial charge on any atom is 0.0907 e. The van der Waals surface area contributed by atoms with E-state index in [1.807, 2.05) is 0 Å². The predicted molar refractivity (Wildman–Crippen MR) is 73.5 cm³/mol. The highest BCUT2D eigenvalue weighted by atomic mass is 32.1. The van der Waals surface area contributed by atoms with Gasteiger partial charge in [0, 0.05) is 6.04 Å². The minimum absolute atomic E-state index is 0.540. The van der Waals surface area contributed by atoms with Crippen molar-refractivity contribution in [1.29, 1.82) is 0 Å². The molecular weight excluding hydrogens is 228 g/mol. The van der Waals surface area contributed by atoms with Crippen molar-refractivity contribution >= 4 is 21.6 Å². The number of aromatic nitrogens is 1. The van der Waals surface area contributed by atoms with E-state index in [9.17, 15) is 0 Å². The van der Waals surface area contributed by atoms with Crippen LogP contribution in [-0.2, 0) is 0 Å². The molecule has 90 valence electrons. The lowest BCUT2D eigenvalue weighted by Crippen LogP contribution is -2.31. The molecule has 1 aliphatic heterocycles. The maximum absolute atomic E-state index is 4.51. The number of fused-ring (bicyclic) bond motifs is 1. The third kappa shape index (κ3) is 2.22. The Morgan fingerprint density at radius 3 is 3.00 bits per heavy atom. The van der Waals surface area contributed by atoms with Gasteiger partial charge in [-0.25, -0.2) is 4.98 Å². The summed E-state index contributed by atoms with van der Waals surface area (Å²) >= 11 is 1.79. The number of rotatable bonds is 1. The van der Waals surface area contributed by atoms with Crippen LogP contribution in [-0.4, -0.2) is 11.5 Å². The van der Waals surface area contributed by atoms with Crippen molar-refractivity contribution in [2.75, 3.05) is 6.54 Å². The first-order valence-corrected chi connectivity index (χ1v) is 7.14. The maximum atomic E-state index is 4.51. The van der Waals surface area contributed by atoms with Crippen molar-refractivity contribution in [1.82, 2.24) is 10.3 Å². The van der Waals surface area contributed by atoms with Gasteiger partial charge in [-0.05, 0) is 49.9 Å². The molecule has 0 radical (unpaired) electrons. The molecule has 17 heavy (non-hydrogen) atoms. The van der Waals surface area contributed by atoms with Gasteiger partial charge < -0.3 is 5.32 Å². The van der Waals surface area contributed by atoms with Gasteiger partial charge >= 0.3 is 0 Å². The van der Waals surface area contributed by atoms with Crippen molar-refractivity contribution in [2.45, 2.75) is 32.7 Å². The van der Waals surface area contributed by atoms with E-state index in [-0.39, 0.29) is 0 Å². The smallest absolute Gasteiger partial charge is 0.0907 e. The topological polar surface area (TPSA) is 24.9 Å². The van der Waals surface area contributed by atoms with E-state index in [4.69, 9.17) is 0 Å². The molecule has 2 heterocycles. The van der Waals surface area contributed by atoms with Crippen LogP contribution in [0.1, 0.15) is 36.4 Å². The highest BCUT2D eigenvalue weighted by Gasteiger charge is 2.19. The van der Waals surface area contributed by atoms with Crippen LogP contribution in [0.15, 0.2) is 18.2 Å². The number of hydrogen-bond acceptors (Lipinski definition) is 3. The summed E-state index contributed by atoms with van der Waals surface area (Å²) in [6.07, 6.45) is 2.59. The van der Waals surface area contributed by atoms with Crippen molar-refractivity contribution in [3.05, 3.63) is 28.8 Å². The Bertz CT molecular complexity index is 524. The Labute approximate surface area is 106 Å². The summed E-state index contributed by atoms with van der Waals surface area (Å²) in [6, 6.07) is 7.24. The molecule has 1 aliphatic rings. The van der Waals surface area contributed by atoms with Gasteiger partial charge in [0.25, 0.3) is 0 Å². The van der Waals surface area contributed by atoms with Crippen LogP contribution < -0.4 is 5.32 Å². The van der Waals surface area contributed by atoms with Crippen LogP contribution in [0.4, 0.5) is 0 Å². The molecule has 0 aliphatic carbocycles. The van der Waals surface area contributed by atoms with Crippen LogP contribution in [0.25, 0.3) is 10.2 Å². The summed E-state index contributed by atoms with van der Waals surface area (Å²) < 4.78 is 1.32. The molecule has 3 rings (SSSR count). The van der Waals surface area contributed by atoms with Gasteiger partial charge in [-0.2, -0.15) is 0 Å². The van der Waals surface area contributed by atoms with Gasteiger partial charge in [-0.3, -0.25) is 0 Å². The Morgan fingerprint density at radius 2 is 2.24 bits per heavy atom. The fourth-order valence-corrected chi connectivity index (χ4v) is 3.43. The Balaban J connectivity index is 1.89. The summed E-state index contributed by atoms with van der Waals surface area (Å²) in [5.41, 5.74) is 2.56. The SMILES string of the molecule is Cc1nc2ccc([C@@H]3CC[C@@H](C)CN3)cc2s1. The molecule has 2 atom stereocenters. The lowest BCUT2D eigenvalue weighted by Gasteiger charge is -2.28. The van der Waals surface area contributed by atoms with Gasteiger partial charge in [0.05, 0.1) is 15.2 Å². The molecule has 1 aromatic carbocycles. The van der Waals surface area contributed by atoms with Crippen molar-refractivity contribution in [3.63, 3.8) is 0 Å². The van der Waals surface area contributed by atoms with E-state index < -0.39 is 0 Å². The number of nitrogens with one attached hydrogen (secondary N) is 1. The molecule has 0 bridgehead atoms. The molecule has 3 heteroatoms. The highest BCUT2D eigenvalue weighted by Crippen LogP contribution is 2.29. The van der Waals surface area contributed by atoms with E-state index in [0.29, 0.717) is 6.04 Å². The molecule has 0 saturated carbocycles. The van der Waals surface area contributed by atoms with Gasteiger partial charge in [-0.15, -0.1) is 11.3 Å². The Hall–Kier alpha value is -0.930. The molecule has 1 aromatic heterocycles. The number of thiazole rings is 1. The standard InChI is InChI=1S/C14H18N2S/c1-9-3-5-12(15-8-9)11-4-6-13-14(7-11)17-10(2)16-13/h4,6-7,9,12,15H,3,5,8H2,1-2H3/t9-,12+/m1/s1. The first kappa shape index (κ1) is 11.2. The van der Waals surface area contributed by atoms with Crippen LogP contribution in [0.5, 0.6) is 0 Å². The zero-order valence-corrected chi connectivity index (χ0v) is 11.2. The second kappa shape index (κ2) is 4.39. The normalized spacial score (nSPS) is 25.3. The van der Waals surface area contributed by atoms with E-state index in [0.717, 1.165) is 23.0 Å². The van der Waals surface area contributed by atoms with Gasteiger partial charge in [-0.1, -0.05) is 13.0 Å². The predicted octanol–water partition coefficient (Wildman–Crippen LogP) is 3.67. The third-order valence-corrected chi connectivity index (χ3v) is 4.52. The van der Waals surface area contributed by atoms with Gasteiger partial charge in [0.1, 0.15) is 0 Å². The third-order valence-electron chi connectivity index (χ3n) is 3.58. The lowest BCUT2D eigenvalue weighted by atomic mass is 9.92. The molecule has 1 N–H and O–H groups in total. The average Bonchev–Trinajstić information content (AvgIpc) is 2.69. The van der Waals surface area contributed by atoms with Crippen molar-refractivity contribution in [2.24, 2.45) is 5.92 Å². The minimum Gasteiger partial charge on any atom is -0.310 e. The fourth-order valence-electron chi connectivity index (χ4n) is 2.56. The zero-order valence-electron chi connectivity index (χ0n) is 10.4. The summed E-state index contributed by atoms with van der Waals surface area (Å²) in [4.78, 5) is 4.51. The van der Waals surface area contributed by atoms with Crippen molar-refractivity contribution < 1.29 is 0 Å². The van der Waals surface area contributed by atoms with E-state index >= 15 is 0 Å². The summed E-state index contributed by atoms with van der Waals surface area (Å²) in [5, 5.41) is 4.80. The number of nitrogens with zero attached hydrogens (tertiary/aromatic N) is 1. The zero-order chi connectivity index (χ0) is 11.8. The molecule has 0 spiro atoms. The molecule has 0 amide bonds. The summed E-state index contributed by atoms with van der Waals surface area (Å²) in [7, 11) is 0. The summed E-state index contributed by atoms with van der Waals surface area (Å²) in [6.45, 7) is 5.54. The average molecular weight is 246 g/mol. The fraction of sp³-hybridized carbons (Fsp3) is 0.500. The Kier molecular flexibility index (Phi) is 2.89. The molecule has 2 nitrogen and oxygen atoms in total. The molecule has 1 fully saturated rings. The lowest BCUT2D eigenvalue weighted by molar-refractivity contribution is 0.333. The quantitative estimate of drug-likeness (QED) is 0.830. The van der Waals surface area contributed by atoms with E-state index in [2.05, 4.69) is 42.3 Å². The number of benzene rings is 1.